The highest BCUT2D eigenvalue weighted by Crippen LogP contribution is 1.98. The topological polar surface area (TPSA) is 42.1 Å². The van der Waals surface area contributed by atoms with Crippen molar-refractivity contribution in [2.24, 2.45) is 0 Å². The predicted molar refractivity (Wildman–Crippen MR) is 7.57 cm³/mol. The average Bonchev–Trinajstić information content (AvgIpc) is 1.75. The normalized spacial score (nSPS) is 17.5. The van der Waals surface area contributed by atoms with Gasteiger partial charge in [0, 0.05) is 0 Å². The van der Waals surface area contributed by atoms with Crippen molar-refractivity contribution in [3.8, 4) is 0 Å². The first-order valence-electron chi connectivity index (χ1n) is 0.779. The minimum absolute atomic E-state index is 0.583. The Kier molecular flexibility index (Phi) is 0.0791. The second-order valence-electron chi connectivity index (χ2n) is 0.417. The van der Waals surface area contributed by atoms with E-state index < -0.39 is 6.16 Å². The lowest BCUT2D eigenvalue weighted by atomic mass is 11.5. The largest absolute Gasteiger partial charge is 0.592 e. The van der Waals surface area contributed by atoms with Gasteiger partial charge in [0.05, 0.1) is 0 Å². The fourth-order valence-corrected chi connectivity index (χ4v) is 0.0170. The summed E-state index contributed by atoms with van der Waals surface area (Å²) in [5.41, 5.74) is 0. The molecule has 0 radical (unpaired) electrons. The van der Waals surface area contributed by atoms with Crippen LogP contribution in [0.15, 0.2) is 0 Å². The quantitative estimate of drug-likeness (QED) is 0.293. The molecule has 3 nitrogen and oxygen atoms in total. The fourth-order valence-electron chi connectivity index (χ4n) is 0.0170. The molecule has 0 atom stereocenters. The molecule has 1 aliphatic rings. The monoisotopic (exact) mass is 60.0 g/mol. The molecule has 1 aliphatic heterocycles. The third-order valence-electron chi connectivity index (χ3n) is 0.151. The zero-order chi connectivity index (χ0) is 2.99. The number of carbonyl (C=O) groups is 1. The molecule has 0 aliphatic carbocycles. The maximum atomic E-state index is 9.11. The molecular formula is CO3. The summed E-state index contributed by atoms with van der Waals surface area (Å²) in [4.78, 5) is 16.2. The maximum Gasteiger partial charge on any atom is 0.592 e. The molecule has 0 spiro atoms. The van der Waals surface area contributed by atoms with E-state index in [1.807, 2.05) is 0 Å². The molecule has 1 fully saturated rings. The van der Waals surface area contributed by atoms with Crippen LogP contribution in [0.4, 0.5) is 4.79 Å². The highest BCUT2D eigenvalue weighted by molar-refractivity contribution is 5.66. The highest BCUT2D eigenvalue weighted by atomic mass is 17.4. The Balaban J connectivity index is 2.60. The van der Waals surface area contributed by atoms with Gasteiger partial charge >= 0.3 is 6.16 Å². The van der Waals surface area contributed by atoms with Crippen molar-refractivity contribution in [2.45, 2.75) is 0 Å². The van der Waals surface area contributed by atoms with Crippen LogP contribution in [0.25, 0.3) is 0 Å². The van der Waals surface area contributed by atoms with Crippen LogP contribution >= 0.6 is 0 Å². The molecule has 0 aromatic rings. The first-order valence-corrected chi connectivity index (χ1v) is 0.779. The van der Waals surface area contributed by atoms with Crippen molar-refractivity contribution < 1.29 is 14.6 Å². The molecule has 0 bridgehead atoms. The van der Waals surface area contributed by atoms with Crippen LogP contribution in [-0.4, -0.2) is 6.16 Å². The minimum Gasteiger partial charge on any atom is -0.197 e. The van der Waals surface area contributed by atoms with Gasteiger partial charge < -0.3 is 0 Å². The summed E-state index contributed by atoms with van der Waals surface area (Å²) in [6.07, 6.45) is -0.583. The summed E-state index contributed by atoms with van der Waals surface area (Å²) >= 11 is 0. The van der Waals surface area contributed by atoms with E-state index >= 15 is 0 Å². The zero-order valence-electron chi connectivity index (χ0n) is 1.72. The highest BCUT2D eigenvalue weighted by Gasteiger charge is 2.22. The first-order chi connectivity index (χ1) is 1.89. The Labute approximate surface area is 22.1 Å². The van der Waals surface area contributed by atoms with Crippen LogP contribution in [-0.2, 0) is 9.78 Å². The lowest BCUT2D eigenvalue weighted by molar-refractivity contribution is 0.0850. The van der Waals surface area contributed by atoms with Gasteiger partial charge in [0.1, 0.15) is 0 Å². The van der Waals surface area contributed by atoms with Gasteiger partial charge in [-0.1, -0.05) is 0 Å². The smallest absolute Gasteiger partial charge is 0.197 e. The number of hydrogen-bond donors (Lipinski definition) is 0. The third-order valence-corrected chi connectivity index (χ3v) is 0.151. The van der Waals surface area contributed by atoms with Gasteiger partial charge in [0.2, 0.25) is 0 Å². The van der Waals surface area contributed by atoms with Crippen LogP contribution in [0.3, 0.4) is 0 Å². The van der Waals surface area contributed by atoms with Gasteiger partial charge in [-0.15, -0.1) is 0 Å². The van der Waals surface area contributed by atoms with Crippen LogP contribution in [0, 0.1) is 0 Å². The van der Waals surface area contributed by atoms with E-state index in [0.29, 0.717) is 0 Å². The Bertz CT molecular complexity index is 41.2. The molecule has 1 saturated heterocycles. The number of rotatable bonds is 0. The van der Waals surface area contributed by atoms with E-state index in [0.717, 1.165) is 0 Å². The minimum atomic E-state index is -0.583. The Hall–Kier alpha value is -0.730. The van der Waals surface area contributed by atoms with Gasteiger partial charge in [0.15, 0.2) is 0 Å². The molecule has 4 heavy (non-hydrogen) atoms. The first kappa shape index (κ1) is 1.58. The molecule has 0 amide bonds. The van der Waals surface area contributed by atoms with E-state index in [-0.39, 0.29) is 0 Å². The molecule has 0 unspecified atom stereocenters. The van der Waals surface area contributed by atoms with Crippen molar-refractivity contribution >= 4 is 6.16 Å². The second kappa shape index (κ2) is 0.201. The van der Waals surface area contributed by atoms with E-state index in [2.05, 4.69) is 9.78 Å². The van der Waals surface area contributed by atoms with E-state index in [1.54, 1.807) is 0 Å². The zero-order valence-corrected chi connectivity index (χ0v) is 1.72. The average molecular weight is 60.0 g/mol. The van der Waals surface area contributed by atoms with Crippen LogP contribution in [0.1, 0.15) is 0 Å². The van der Waals surface area contributed by atoms with Crippen LogP contribution < -0.4 is 0 Å². The molecule has 0 aromatic heterocycles. The lowest BCUT2D eigenvalue weighted by Gasteiger charge is -1.20. The van der Waals surface area contributed by atoms with Gasteiger partial charge in [-0.2, -0.15) is 14.6 Å². The summed E-state index contributed by atoms with van der Waals surface area (Å²) in [7, 11) is 0. The van der Waals surface area contributed by atoms with E-state index in [4.69, 9.17) is 4.79 Å². The Morgan fingerprint density at radius 1 is 1.50 bits per heavy atom. The predicted octanol–water partition coefficient (Wildman–Crippen LogP) is 0.0682. The van der Waals surface area contributed by atoms with Crippen LogP contribution in [0.5, 0.6) is 0 Å². The Morgan fingerprint density at radius 2 is 1.75 bits per heavy atom. The second-order valence-corrected chi connectivity index (χ2v) is 0.417. The molecule has 0 N–H and O–H groups in total. The molecule has 3 heteroatoms. The molecule has 0 aromatic carbocycles. The third kappa shape index (κ3) is 0.0180. The van der Waals surface area contributed by atoms with Crippen molar-refractivity contribution in [1.82, 2.24) is 0 Å². The van der Waals surface area contributed by atoms with E-state index in [9.17, 15) is 0 Å². The number of hydrogen-bond acceptors (Lipinski definition) is 3. The standard InChI is InChI=1S/CO3/c2-1-3-4-1. The summed E-state index contributed by atoms with van der Waals surface area (Å²) in [5, 5.41) is 0. The lowest BCUT2D eigenvalue weighted by Crippen LogP contribution is -1.40. The maximum absolute atomic E-state index is 9.11. The van der Waals surface area contributed by atoms with Crippen molar-refractivity contribution in [3.63, 3.8) is 0 Å². The van der Waals surface area contributed by atoms with Crippen molar-refractivity contribution in [3.05, 3.63) is 0 Å². The van der Waals surface area contributed by atoms with Gasteiger partial charge in [-0.05, 0) is 0 Å². The molecule has 0 saturated carbocycles. The van der Waals surface area contributed by atoms with Crippen LogP contribution in [0.2, 0.25) is 0 Å². The molecular weight excluding hydrogens is 60.0 g/mol. The molecule has 1 rings (SSSR count). The fraction of sp³-hybridized carbons (Fsp3) is 0. The summed E-state index contributed by atoms with van der Waals surface area (Å²) in [5.74, 6) is 0. The van der Waals surface area contributed by atoms with Crippen molar-refractivity contribution in [1.29, 1.82) is 0 Å². The molecule has 22 valence electrons. The number of carbonyl (C=O) groups excluding carboxylic acids is 1. The van der Waals surface area contributed by atoms with E-state index in [1.165, 1.54) is 0 Å². The van der Waals surface area contributed by atoms with Gasteiger partial charge in [-0.25, -0.2) is 0 Å². The van der Waals surface area contributed by atoms with Gasteiger partial charge in [-0.3, -0.25) is 0 Å². The summed E-state index contributed by atoms with van der Waals surface area (Å²) < 4.78 is 0. The van der Waals surface area contributed by atoms with Crippen molar-refractivity contribution in [2.75, 3.05) is 0 Å². The van der Waals surface area contributed by atoms with Gasteiger partial charge in [0.25, 0.3) is 0 Å². The molecule has 1 heterocycles. The SMILES string of the molecule is O=C1OO1. The summed E-state index contributed by atoms with van der Waals surface area (Å²) in [6, 6.07) is 0. The summed E-state index contributed by atoms with van der Waals surface area (Å²) in [6.45, 7) is 0. The Morgan fingerprint density at radius 3 is 1.75 bits per heavy atom.